The Kier molecular flexibility index (Phi) is 5.34. The number of esters is 1. The van der Waals surface area contributed by atoms with Crippen molar-refractivity contribution in [3.63, 3.8) is 0 Å². The van der Waals surface area contributed by atoms with E-state index in [-0.39, 0.29) is 11.5 Å². The van der Waals surface area contributed by atoms with Crippen LogP contribution in [0.1, 0.15) is 6.92 Å². The van der Waals surface area contributed by atoms with E-state index in [1.165, 1.54) is 30.2 Å². The third-order valence-electron chi connectivity index (χ3n) is 4.19. The molecular formula is C20H16N2O3S3. The molecular weight excluding hydrogens is 412 g/mol. The van der Waals surface area contributed by atoms with Gasteiger partial charge < -0.3 is 4.74 Å². The van der Waals surface area contributed by atoms with Crippen LogP contribution in [0.4, 0.5) is 0 Å². The normalized spacial score (nSPS) is 12.2. The van der Waals surface area contributed by atoms with E-state index in [2.05, 4.69) is 0 Å². The van der Waals surface area contributed by atoms with Gasteiger partial charge in [0.15, 0.2) is 5.16 Å². The highest BCUT2D eigenvalue weighted by Gasteiger charge is 2.23. The number of carbonyl (C=O) groups is 1. The molecule has 0 aliphatic carbocycles. The second-order valence-corrected chi connectivity index (χ2v) is 9.07. The van der Waals surface area contributed by atoms with Gasteiger partial charge in [0.05, 0.1) is 18.2 Å². The van der Waals surface area contributed by atoms with Gasteiger partial charge >= 0.3 is 5.97 Å². The molecule has 5 nitrogen and oxygen atoms in total. The second-order valence-electron chi connectivity index (χ2n) is 5.96. The molecule has 0 bridgehead atoms. The van der Waals surface area contributed by atoms with Crippen LogP contribution >= 0.6 is 34.4 Å². The number of nitrogens with zero attached hydrogens (tertiary/aromatic N) is 2. The minimum Gasteiger partial charge on any atom is -0.468 e. The SMILES string of the molecule is COC(=O)C(C)Sc1nc2scc(-c3cccs3)c2c(=O)n1-c1ccccc1. The van der Waals surface area contributed by atoms with Crippen molar-refractivity contribution in [1.29, 1.82) is 0 Å². The second kappa shape index (κ2) is 7.90. The molecule has 8 heteroatoms. The summed E-state index contributed by atoms with van der Waals surface area (Å²) in [4.78, 5) is 31.9. The Morgan fingerprint density at radius 1 is 1.18 bits per heavy atom. The molecule has 28 heavy (non-hydrogen) atoms. The highest BCUT2D eigenvalue weighted by Crippen LogP contribution is 2.35. The lowest BCUT2D eigenvalue weighted by Gasteiger charge is -2.14. The highest BCUT2D eigenvalue weighted by atomic mass is 32.2. The number of aromatic nitrogens is 2. The predicted molar refractivity (Wildman–Crippen MR) is 116 cm³/mol. The predicted octanol–water partition coefficient (Wildman–Crippen LogP) is 4.83. The number of hydrogen-bond donors (Lipinski definition) is 0. The van der Waals surface area contributed by atoms with E-state index >= 15 is 0 Å². The highest BCUT2D eigenvalue weighted by molar-refractivity contribution is 8.00. The van der Waals surface area contributed by atoms with Crippen LogP contribution in [0.15, 0.2) is 63.2 Å². The standard InChI is InChI=1S/C20H16N2O3S3/c1-12(19(24)25-2)28-20-21-17-16(14(11-27-17)15-9-6-10-26-15)18(23)22(20)13-7-4-3-5-8-13/h3-12H,1-2H3. The monoisotopic (exact) mass is 428 g/mol. The summed E-state index contributed by atoms with van der Waals surface area (Å²) >= 11 is 4.25. The number of thioether (sulfide) groups is 1. The molecule has 0 radical (unpaired) electrons. The van der Waals surface area contributed by atoms with E-state index in [0.717, 1.165) is 10.4 Å². The van der Waals surface area contributed by atoms with E-state index in [1.807, 2.05) is 53.2 Å². The molecule has 0 saturated heterocycles. The Morgan fingerprint density at radius 2 is 1.96 bits per heavy atom. The van der Waals surface area contributed by atoms with Crippen molar-refractivity contribution in [3.8, 4) is 16.1 Å². The first kappa shape index (κ1) is 18.9. The lowest BCUT2D eigenvalue weighted by molar-refractivity contribution is -0.139. The van der Waals surface area contributed by atoms with Gasteiger partial charge in [-0.3, -0.25) is 14.2 Å². The van der Waals surface area contributed by atoms with E-state index in [0.29, 0.717) is 21.1 Å². The van der Waals surface area contributed by atoms with Gasteiger partial charge in [-0.1, -0.05) is 36.0 Å². The van der Waals surface area contributed by atoms with Crippen molar-refractivity contribution in [1.82, 2.24) is 9.55 Å². The third kappa shape index (κ3) is 3.39. The number of ether oxygens (including phenoxy) is 1. The molecule has 0 saturated carbocycles. The minimum atomic E-state index is -0.485. The molecule has 0 amide bonds. The zero-order chi connectivity index (χ0) is 19.7. The molecule has 4 aromatic rings. The summed E-state index contributed by atoms with van der Waals surface area (Å²) in [6.07, 6.45) is 0. The molecule has 0 spiro atoms. The van der Waals surface area contributed by atoms with Gasteiger partial charge in [-0.05, 0) is 30.5 Å². The molecule has 1 aromatic carbocycles. The lowest BCUT2D eigenvalue weighted by atomic mass is 10.2. The molecule has 3 heterocycles. The molecule has 4 rings (SSSR count). The number of methoxy groups -OCH3 is 1. The summed E-state index contributed by atoms with van der Waals surface area (Å²) in [6, 6.07) is 13.3. The van der Waals surface area contributed by atoms with Crippen LogP contribution in [0, 0.1) is 0 Å². The van der Waals surface area contributed by atoms with Crippen molar-refractivity contribution >= 4 is 50.6 Å². The number of carbonyl (C=O) groups excluding carboxylic acids is 1. The fourth-order valence-electron chi connectivity index (χ4n) is 2.84. The van der Waals surface area contributed by atoms with Crippen molar-refractivity contribution in [3.05, 3.63) is 63.6 Å². The third-order valence-corrected chi connectivity index (χ3v) is 7.00. The largest absolute Gasteiger partial charge is 0.468 e. The van der Waals surface area contributed by atoms with Gasteiger partial charge in [-0.15, -0.1) is 22.7 Å². The van der Waals surface area contributed by atoms with E-state index in [1.54, 1.807) is 22.8 Å². The van der Waals surface area contributed by atoms with Gasteiger partial charge in [0.25, 0.3) is 5.56 Å². The Labute approximate surface area is 173 Å². The molecule has 0 N–H and O–H groups in total. The van der Waals surface area contributed by atoms with E-state index in [9.17, 15) is 9.59 Å². The summed E-state index contributed by atoms with van der Waals surface area (Å²) in [5.74, 6) is -0.357. The fraction of sp³-hybridized carbons (Fsp3) is 0.150. The molecule has 0 aliphatic rings. The Bertz CT molecular complexity index is 1180. The number of rotatable bonds is 5. The Hall–Kier alpha value is -2.42. The van der Waals surface area contributed by atoms with Crippen molar-refractivity contribution in [2.45, 2.75) is 17.3 Å². The number of hydrogen-bond acceptors (Lipinski definition) is 7. The summed E-state index contributed by atoms with van der Waals surface area (Å²) in [7, 11) is 1.35. The first-order valence-corrected chi connectivity index (χ1v) is 11.1. The van der Waals surface area contributed by atoms with Gasteiger partial charge in [-0.2, -0.15) is 0 Å². The van der Waals surface area contributed by atoms with E-state index in [4.69, 9.17) is 9.72 Å². The molecule has 1 atom stereocenters. The van der Waals surface area contributed by atoms with Crippen LogP contribution in [-0.4, -0.2) is 27.9 Å². The first-order chi connectivity index (χ1) is 13.6. The zero-order valence-electron chi connectivity index (χ0n) is 15.1. The van der Waals surface area contributed by atoms with Gasteiger partial charge in [0.2, 0.25) is 0 Å². The zero-order valence-corrected chi connectivity index (χ0v) is 17.6. The average molecular weight is 429 g/mol. The minimum absolute atomic E-state index is 0.139. The number of benzene rings is 1. The maximum absolute atomic E-state index is 13.6. The molecule has 0 aliphatic heterocycles. The maximum Gasteiger partial charge on any atom is 0.318 e. The summed E-state index contributed by atoms with van der Waals surface area (Å²) < 4.78 is 6.41. The number of para-hydroxylation sites is 1. The Morgan fingerprint density at radius 3 is 2.64 bits per heavy atom. The summed E-state index contributed by atoms with van der Waals surface area (Å²) in [5, 5.41) is 4.55. The lowest BCUT2D eigenvalue weighted by Crippen LogP contribution is -2.23. The van der Waals surface area contributed by atoms with Crippen LogP contribution in [-0.2, 0) is 9.53 Å². The summed E-state index contributed by atoms with van der Waals surface area (Å²) in [6.45, 7) is 1.74. The number of thiophene rings is 2. The molecule has 0 fully saturated rings. The van der Waals surface area contributed by atoms with Crippen LogP contribution in [0.2, 0.25) is 0 Å². The topological polar surface area (TPSA) is 61.2 Å². The van der Waals surface area contributed by atoms with Crippen molar-refractivity contribution < 1.29 is 9.53 Å². The number of fused-ring (bicyclic) bond motifs is 1. The first-order valence-electron chi connectivity index (χ1n) is 8.48. The van der Waals surface area contributed by atoms with Gasteiger partial charge in [-0.25, -0.2) is 4.98 Å². The van der Waals surface area contributed by atoms with Gasteiger partial charge in [0.1, 0.15) is 10.1 Å². The molecule has 142 valence electrons. The Balaban J connectivity index is 1.96. The molecule has 1 unspecified atom stereocenters. The fourth-order valence-corrected chi connectivity index (χ4v) is 5.60. The average Bonchev–Trinajstić information content (AvgIpc) is 3.37. The van der Waals surface area contributed by atoms with Crippen LogP contribution in [0.3, 0.4) is 0 Å². The van der Waals surface area contributed by atoms with Crippen LogP contribution in [0.25, 0.3) is 26.3 Å². The maximum atomic E-state index is 13.6. The van der Waals surface area contributed by atoms with Crippen molar-refractivity contribution in [2.24, 2.45) is 0 Å². The van der Waals surface area contributed by atoms with Crippen LogP contribution < -0.4 is 5.56 Å². The van der Waals surface area contributed by atoms with Crippen LogP contribution in [0.5, 0.6) is 0 Å². The van der Waals surface area contributed by atoms with Gasteiger partial charge in [0, 0.05) is 15.8 Å². The smallest absolute Gasteiger partial charge is 0.318 e. The van der Waals surface area contributed by atoms with E-state index < -0.39 is 5.25 Å². The molecule has 3 aromatic heterocycles. The summed E-state index contributed by atoms with van der Waals surface area (Å²) in [5.41, 5.74) is 1.47. The quantitative estimate of drug-likeness (QED) is 0.259. The van der Waals surface area contributed by atoms with Crippen molar-refractivity contribution in [2.75, 3.05) is 7.11 Å².